The zero-order valence-corrected chi connectivity index (χ0v) is 8.97. The van der Waals surface area contributed by atoms with Crippen molar-refractivity contribution in [3.63, 3.8) is 0 Å². The third-order valence-corrected chi connectivity index (χ3v) is 2.37. The molecule has 70 valence electrons. The fraction of sp³-hybridized carbons (Fsp3) is 0.250. The lowest BCUT2D eigenvalue weighted by atomic mass is 10.6. The molecule has 3 nitrogen and oxygen atoms in total. The molecule has 5 heteroatoms. The highest BCUT2D eigenvalue weighted by molar-refractivity contribution is 7.80. The molecule has 1 aromatic rings. The van der Waals surface area contributed by atoms with E-state index in [2.05, 4.69) is 22.2 Å². The minimum absolute atomic E-state index is 0.578. The summed E-state index contributed by atoms with van der Waals surface area (Å²) in [5, 5.41) is 9.30. The average molecular weight is 213 g/mol. The number of rotatable bonds is 3. The third kappa shape index (κ3) is 3.52. The number of aromatic nitrogens is 1. The van der Waals surface area contributed by atoms with E-state index in [4.69, 9.17) is 12.2 Å². The number of anilines is 1. The molecule has 0 saturated carbocycles. The van der Waals surface area contributed by atoms with Crippen LogP contribution in [0.3, 0.4) is 0 Å². The number of nitrogens with zero attached hydrogens (tertiary/aromatic N) is 1. The topological polar surface area (TPSA) is 37.0 Å². The monoisotopic (exact) mass is 213 g/mol. The summed E-state index contributed by atoms with van der Waals surface area (Å²) in [5.74, 6) is 0. The zero-order valence-electron chi connectivity index (χ0n) is 7.33. The standard InChI is InChI=1S/C8H11N3S2/c1-3-4-9-7(12)11-8-10-6(2)5-13-8/h3,5H,1,4H2,2H3,(H2,9,10,11,12). The van der Waals surface area contributed by atoms with Crippen LogP contribution in [-0.2, 0) is 0 Å². The molecule has 0 fully saturated rings. The van der Waals surface area contributed by atoms with Gasteiger partial charge in [0.05, 0.1) is 5.69 Å². The van der Waals surface area contributed by atoms with Crippen molar-refractivity contribution in [2.75, 3.05) is 11.9 Å². The Bertz CT molecular complexity index is 306. The van der Waals surface area contributed by atoms with Crippen molar-refractivity contribution in [3.8, 4) is 0 Å². The fourth-order valence-electron chi connectivity index (χ4n) is 0.718. The molecule has 0 aliphatic carbocycles. The lowest BCUT2D eigenvalue weighted by molar-refractivity contribution is 1.06. The summed E-state index contributed by atoms with van der Waals surface area (Å²) in [7, 11) is 0. The second kappa shape index (κ2) is 4.94. The van der Waals surface area contributed by atoms with E-state index in [0.717, 1.165) is 10.8 Å². The normalized spacial score (nSPS) is 9.31. The van der Waals surface area contributed by atoms with E-state index in [-0.39, 0.29) is 0 Å². The Morgan fingerprint density at radius 1 is 1.85 bits per heavy atom. The van der Waals surface area contributed by atoms with Crippen LogP contribution in [0.4, 0.5) is 5.13 Å². The molecule has 1 heterocycles. The first-order valence-electron chi connectivity index (χ1n) is 3.80. The van der Waals surface area contributed by atoms with Crippen molar-refractivity contribution >= 4 is 33.8 Å². The van der Waals surface area contributed by atoms with Gasteiger partial charge < -0.3 is 10.6 Å². The van der Waals surface area contributed by atoms with Gasteiger partial charge in [0.15, 0.2) is 10.2 Å². The summed E-state index contributed by atoms with van der Waals surface area (Å²) in [4.78, 5) is 4.21. The summed E-state index contributed by atoms with van der Waals surface area (Å²) < 4.78 is 0. The summed E-state index contributed by atoms with van der Waals surface area (Å²) in [6, 6.07) is 0. The molecule has 2 N–H and O–H groups in total. The Balaban J connectivity index is 2.40. The van der Waals surface area contributed by atoms with Crippen LogP contribution in [0.2, 0.25) is 0 Å². The van der Waals surface area contributed by atoms with Crippen LogP contribution < -0.4 is 10.6 Å². The van der Waals surface area contributed by atoms with Gasteiger partial charge in [0, 0.05) is 11.9 Å². The summed E-state index contributed by atoms with van der Waals surface area (Å²) in [6.45, 7) is 6.19. The van der Waals surface area contributed by atoms with Crippen LogP contribution in [0.25, 0.3) is 0 Å². The van der Waals surface area contributed by atoms with Crippen LogP contribution in [0.15, 0.2) is 18.0 Å². The molecular formula is C8H11N3S2. The average Bonchev–Trinajstić information content (AvgIpc) is 2.48. The van der Waals surface area contributed by atoms with Crippen LogP contribution in [-0.4, -0.2) is 16.6 Å². The molecule has 0 spiro atoms. The van der Waals surface area contributed by atoms with Crippen molar-refractivity contribution in [1.82, 2.24) is 10.3 Å². The highest BCUT2D eigenvalue weighted by Crippen LogP contribution is 2.13. The predicted molar refractivity (Wildman–Crippen MR) is 61.3 cm³/mol. The van der Waals surface area contributed by atoms with Gasteiger partial charge in [-0.15, -0.1) is 17.9 Å². The molecule has 0 atom stereocenters. The molecule has 0 amide bonds. The van der Waals surface area contributed by atoms with E-state index >= 15 is 0 Å². The van der Waals surface area contributed by atoms with Crippen LogP contribution in [0.1, 0.15) is 5.69 Å². The minimum atomic E-state index is 0.578. The molecule has 1 rings (SSSR count). The third-order valence-electron chi connectivity index (χ3n) is 1.25. The Morgan fingerprint density at radius 3 is 3.15 bits per heavy atom. The summed E-state index contributed by atoms with van der Waals surface area (Å²) in [5.41, 5.74) is 0.999. The molecule has 0 aliphatic heterocycles. The minimum Gasteiger partial charge on any atom is -0.359 e. The van der Waals surface area contributed by atoms with E-state index in [1.165, 1.54) is 11.3 Å². The quantitative estimate of drug-likeness (QED) is 0.594. The lowest BCUT2D eigenvalue weighted by Gasteiger charge is -2.04. The van der Waals surface area contributed by atoms with Crippen molar-refractivity contribution in [2.24, 2.45) is 0 Å². The Morgan fingerprint density at radius 2 is 2.62 bits per heavy atom. The number of hydrogen-bond donors (Lipinski definition) is 2. The summed E-state index contributed by atoms with van der Waals surface area (Å²) >= 11 is 6.54. The van der Waals surface area contributed by atoms with Gasteiger partial charge in [-0.25, -0.2) is 4.98 Å². The smallest absolute Gasteiger partial charge is 0.189 e. The molecule has 0 unspecified atom stereocenters. The second-order valence-corrected chi connectivity index (χ2v) is 3.68. The Labute approximate surface area is 86.9 Å². The van der Waals surface area contributed by atoms with Crippen LogP contribution in [0.5, 0.6) is 0 Å². The molecular weight excluding hydrogens is 202 g/mol. The summed E-state index contributed by atoms with van der Waals surface area (Å²) in [6.07, 6.45) is 1.75. The molecule has 0 aromatic carbocycles. The van der Waals surface area contributed by atoms with E-state index in [0.29, 0.717) is 11.7 Å². The van der Waals surface area contributed by atoms with E-state index in [1.807, 2.05) is 12.3 Å². The molecule has 0 aliphatic rings. The van der Waals surface area contributed by atoms with Gasteiger partial charge >= 0.3 is 0 Å². The first-order chi connectivity index (χ1) is 6.22. The first kappa shape index (κ1) is 10.1. The second-order valence-electron chi connectivity index (χ2n) is 2.42. The van der Waals surface area contributed by atoms with Crippen molar-refractivity contribution < 1.29 is 0 Å². The maximum Gasteiger partial charge on any atom is 0.189 e. The van der Waals surface area contributed by atoms with Gasteiger partial charge in [-0.05, 0) is 19.1 Å². The highest BCUT2D eigenvalue weighted by Gasteiger charge is 1.99. The van der Waals surface area contributed by atoms with E-state index in [9.17, 15) is 0 Å². The van der Waals surface area contributed by atoms with Crippen molar-refractivity contribution in [1.29, 1.82) is 0 Å². The van der Waals surface area contributed by atoms with Gasteiger partial charge in [-0.2, -0.15) is 0 Å². The largest absolute Gasteiger partial charge is 0.359 e. The van der Waals surface area contributed by atoms with Gasteiger partial charge in [0.25, 0.3) is 0 Å². The predicted octanol–water partition coefficient (Wildman–Crippen LogP) is 1.92. The van der Waals surface area contributed by atoms with Gasteiger partial charge in [0.1, 0.15) is 0 Å². The van der Waals surface area contributed by atoms with E-state index < -0.39 is 0 Å². The first-order valence-corrected chi connectivity index (χ1v) is 5.09. The Kier molecular flexibility index (Phi) is 3.85. The van der Waals surface area contributed by atoms with E-state index in [1.54, 1.807) is 6.08 Å². The number of hydrogen-bond acceptors (Lipinski definition) is 3. The van der Waals surface area contributed by atoms with Crippen LogP contribution >= 0.6 is 23.6 Å². The highest BCUT2D eigenvalue weighted by atomic mass is 32.1. The number of thiazole rings is 1. The Hall–Kier alpha value is -0.940. The zero-order chi connectivity index (χ0) is 9.68. The lowest BCUT2D eigenvalue weighted by Crippen LogP contribution is -2.28. The fourth-order valence-corrected chi connectivity index (χ4v) is 1.65. The number of thiocarbonyl (C=S) groups is 1. The van der Waals surface area contributed by atoms with Crippen molar-refractivity contribution in [3.05, 3.63) is 23.7 Å². The van der Waals surface area contributed by atoms with Crippen LogP contribution in [0, 0.1) is 6.92 Å². The molecule has 1 aromatic heterocycles. The van der Waals surface area contributed by atoms with Gasteiger partial charge in [-0.1, -0.05) is 6.08 Å². The molecule has 0 radical (unpaired) electrons. The SMILES string of the molecule is C=CCNC(=S)Nc1nc(C)cs1. The van der Waals surface area contributed by atoms with Crippen molar-refractivity contribution in [2.45, 2.75) is 6.92 Å². The van der Waals surface area contributed by atoms with Gasteiger partial charge in [0.2, 0.25) is 0 Å². The molecule has 13 heavy (non-hydrogen) atoms. The number of nitrogens with one attached hydrogen (secondary N) is 2. The maximum atomic E-state index is 5.01. The molecule has 0 bridgehead atoms. The van der Waals surface area contributed by atoms with Gasteiger partial charge in [-0.3, -0.25) is 0 Å². The maximum absolute atomic E-state index is 5.01. The number of aryl methyl sites for hydroxylation is 1. The molecule has 0 saturated heterocycles.